The molecule has 2 aromatic carbocycles. The van der Waals surface area contributed by atoms with E-state index in [0.29, 0.717) is 59.1 Å². The van der Waals surface area contributed by atoms with Crippen LogP contribution in [0.15, 0.2) is 55.3 Å². The molecule has 0 radical (unpaired) electrons. The van der Waals surface area contributed by atoms with E-state index in [-0.39, 0.29) is 5.91 Å². The zero-order chi connectivity index (χ0) is 29.8. The van der Waals surface area contributed by atoms with Crippen molar-refractivity contribution in [2.45, 2.75) is 0 Å². The van der Waals surface area contributed by atoms with Crippen LogP contribution in [0.25, 0.3) is 0 Å². The molecular weight excluding hydrogens is 524 g/mol. The second-order valence-electron chi connectivity index (χ2n) is 9.24. The quantitative estimate of drug-likeness (QED) is 0.115. The second kappa shape index (κ2) is 15.2. The van der Waals surface area contributed by atoms with Gasteiger partial charge < -0.3 is 45.4 Å². The molecule has 0 saturated carbocycles. The lowest BCUT2D eigenvalue weighted by atomic mass is 10.2. The van der Waals surface area contributed by atoms with Crippen molar-refractivity contribution in [1.82, 2.24) is 14.9 Å². The summed E-state index contributed by atoms with van der Waals surface area (Å²) in [6.45, 7) is 6.01. The maximum Gasteiger partial charge on any atom is 0.247 e. The highest BCUT2D eigenvalue weighted by Crippen LogP contribution is 2.38. The Morgan fingerprint density at radius 3 is 2.51 bits per heavy atom. The number of nitrogens with zero attached hydrogens (tertiary/aromatic N) is 4. The minimum Gasteiger partial charge on any atom is -0.494 e. The first-order valence-electron chi connectivity index (χ1n) is 12.9. The summed E-state index contributed by atoms with van der Waals surface area (Å²) in [6, 6.07) is 10.8. The Hall–Kier alpha value is -4.68. The average Bonchev–Trinajstić information content (AvgIpc) is 2.97. The molecule has 0 bridgehead atoms. The summed E-state index contributed by atoms with van der Waals surface area (Å²) in [6.07, 6.45) is 4.08. The number of ether oxygens (including phenoxy) is 3. The number of benzene rings is 2. The van der Waals surface area contributed by atoms with Crippen LogP contribution in [-0.2, 0) is 9.53 Å². The highest BCUT2D eigenvalue weighted by molar-refractivity contribution is 6.02. The molecule has 12 nitrogen and oxygen atoms in total. The van der Waals surface area contributed by atoms with E-state index < -0.39 is 0 Å². The summed E-state index contributed by atoms with van der Waals surface area (Å²) >= 11 is 0. The molecule has 1 amide bonds. The van der Waals surface area contributed by atoms with Crippen molar-refractivity contribution < 1.29 is 19.0 Å². The predicted molar refractivity (Wildman–Crippen MR) is 164 cm³/mol. The third kappa shape index (κ3) is 8.92. The molecule has 0 aliphatic heterocycles. The van der Waals surface area contributed by atoms with Crippen molar-refractivity contribution in [3.05, 3.63) is 60.8 Å². The van der Waals surface area contributed by atoms with E-state index >= 15 is 0 Å². The van der Waals surface area contributed by atoms with Crippen LogP contribution in [0.1, 0.15) is 5.56 Å². The number of methoxy groups -OCH3 is 2. The fourth-order valence-electron chi connectivity index (χ4n) is 3.76. The molecule has 0 fully saturated rings. The van der Waals surface area contributed by atoms with Crippen LogP contribution in [0.2, 0.25) is 0 Å². The Morgan fingerprint density at radius 2 is 1.83 bits per heavy atom. The van der Waals surface area contributed by atoms with Crippen molar-refractivity contribution >= 4 is 46.6 Å². The molecule has 4 N–H and O–H groups in total. The van der Waals surface area contributed by atoms with Gasteiger partial charge in [-0.05, 0) is 50.5 Å². The Bertz CT molecular complexity index is 1350. The Labute approximate surface area is 240 Å². The van der Waals surface area contributed by atoms with Crippen LogP contribution < -0.4 is 30.3 Å². The minimum atomic E-state index is -0.331. The van der Waals surface area contributed by atoms with Gasteiger partial charge in [-0.2, -0.15) is 4.98 Å². The van der Waals surface area contributed by atoms with Gasteiger partial charge in [0.2, 0.25) is 11.9 Å². The molecule has 41 heavy (non-hydrogen) atoms. The van der Waals surface area contributed by atoms with Crippen molar-refractivity contribution in [1.29, 1.82) is 5.41 Å². The number of nitrogens with one attached hydrogen (secondary N) is 4. The number of rotatable bonds is 16. The smallest absolute Gasteiger partial charge is 0.247 e. The SMILES string of the molecule is C=CC(=O)Nc1cc(Nc2nccc(Nc3ccc(OCCOC)cc3C=N)n2)c(OC)cc1N(C)CCN(C)C. The first-order valence-corrected chi connectivity index (χ1v) is 12.9. The summed E-state index contributed by atoms with van der Waals surface area (Å²) in [5.41, 5.74) is 3.24. The molecule has 218 valence electrons. The number of hydrogen-bond acceptors (Lipinski definition) is 11. The molecular formula is C29H38N8O4. The Morgan fingerprint density at radius 1 is 1.02 bits per heavy atom. The van der Waals surface area contributed by atoms with Crippen LogP contribution in [-0.4, -0.2) is 88.7 Å². The van der Waals surface area contributed by atoms with E-state index in [1.807, 2.05) is 44.2 Å². The zero-order valence-corrected chi connectivity index (χ0v) is 24.2. The van der Waals surface area contributed by atoms with Gasteiger partial charge in [0.15, 0.2) is 0 Å². The summed E-state index contributed by atoms with van der Waals surface area (Å²) in [5.74, 6) is 1.67. The van der Waals surface area contributed by atoms with Gasteiger partial charge in [-0.1, -0.05) is 6.58 Å². The van der Waals surface area contributed by atoms with Crippen molar-refractivity contribution in [3.8, 4) is 11.5 Å². The number of carbonyl (C=O) groups excluding carboxylic acids is 1. The van der Waals surface area contributed by atoms with E-state index in [2.05, 4.69) is 37.4 Å². The molecule has 0 aliphatic carbocycles. The zero-order valence-electron chi connectivity index (χ0n) is 24.2. The molecule has 0 spiro atoms. The largest absolute Gasteiger partial charge is 0.494 e. The molecule has 3 rings (SSSR count). The van der Waals surface area contributed by atoms with Gasteiger partial charge in [0.25, 0.3) is 0 Å². The summed E-state index contributed by atoms with van der Waals surface area (Å²) in [4.78, 5) is 25.3. The fraction of sp³-hybridized carbons (Fsp3) is 0.310. The number of hydrogen-bond donors (Lipinski definition) is 4. The minimum absolute atomic E-state index is 0.305. The summed E-state index contributed by atoms with van der Waals surface area (Å²) < 4.78 is 16.3. The van der Waals surface area contributed by atoms with Gasteiger partial charge in [0, 0.05) is 57.0 Å². The molecule has 0 aliphatic rings. The highest BCUT2D eigenvalue weighted by Gasteiger charge is 2.17. The normalized spacial score (nSPS) is 10.6. The molecule has 12 heteroatoms. The van der Waals surface area contributed by atoms with Crippen molar-refractivity contribution in [3.63, 3.8) is 0 Å². The van der Waals surface area contributed by atoms with Gasteiger partial charge in [0.1, 0.15) is 23.9 Å². The fourth-order valence-corrected chi connectivity index (χ4v) is 3.76. The lowest BCUT2D eigenvalue weighted by Crippen LogP contribution is -2.29. The van der Waals surface area contributed by atoms with Crippen LogP contribution in [0.3, 0.4) is 0 Å². The Balaban J connectivity index is 1.87. The van der Waals surface area contributed by atoms with Gasteiger partial charge >= 0.3 is 0 Å². The number of aromatic nitrogens is 2. The lowest BCUT2D eigenvalue weighted by Gasteiger charge is -2.26. The maximum absolute atomic E-state index is 12.2. The third-order valence-electron chi connectivity index (χ3n) is 5.95. The molecule has 0 saturated heterocycles. The molecule has 0 unspecified atom stereocenters. The number of likely N-dealkylation sites (N-methyl/N-ethyl adjacent to an activating group) is 2. The summed E-state index contributed by atoms with van der Waals surface area (Å²) in [7, 11) is 9.15. The standard InChI is InChI=1S/C29H38N8O4/c1-7-28(38)33-23-17-24(26(40-6)18-25(23)37(4)13-12-36(2)3)34-29-31-11-10-27(35-29)32-22-9-8-21(16-20(22)19-30)41-15-14-39-5/h7-11,16-19,30H,1,12-15H2,2-6H3,(H,33,38)(H2,31,32,34,35). The van der Waals surface area contributed by atoms with Gasteiger partial charge in [0.05, 0.1) is 30.8 Å². The third-order valence-corrected chi connectivity index (χ3v) is 5.95. The predicted octanol–water partition coefficient (Wildman–Crippen LogP) is 4.12. The first kappa shape index (κ1) is 30.9. The van der Waals surface area contributed by atoms with Gasteiger partial charge in [-0.25, -0.2) is 4.98 Å². The lowest BCUT2D eigenvalue weighted by molar-refractivity contribution is -0.111. The van der Waals surface area contributed by atoms with Crippen LogP contribution in [0.5, 0.6) is 11.5 Å². The van der Waals surface area contributed by atoms with E-state index in [0.717, 1.165) is 18.8 Å². The van der Waals surface area contributed by atoms with Crippen LogP contribution in [0, 0.1) is 5.41 Å². The van der Waals surface area contributed by atoms with E-state index in [1.54, 1.807) is 38.6 Å². The number of anilines is 6. The number of amides is 1. The molecule has 1 heterocycles. The molecule has 1 aromatic heterocycles. The highest BCUT2D eigenvalue weighted by atomic mass is 16.5. The van der Waals surface area contributed by atoms with Gasteiger partial charge in [-0.3, -0.25) is 4.79 Å². The van der Waals surface area contributed by atoms with E-state index in [9.17, 15) is 4.79 Å². The molecule has 0 atom stereocenters. The maximum atomic E-state index is 12.2. The van der Waals surface area contributed by atoms with Crippen LogP contribution >= 0.6 is 0 Å². The molecule has 3 aromatic rings. The van der Waals surface area contributed by atoms with E-state index in [4.69, 9.17) is 19.6 Å². The first-order chi connectivity index (χ1) is 19.8. The second-order valence-corrected chi connectivity index (χ2v) is 9.24. The van der Waals surface area contributed by atoms with Crippen molar-refractivity contribution in [2.75, 3.05) is 82.5 Å². The summed E-state index contributed by atoms with van der Waals surface area (Å²) in [5, 5.41) is 17.1. The van der Waals surface area contributed by atoms with Crippen LogP contribution in [0.4, 0.5) is 34.5 Å². The number of carbonyl (C=O) groups is 1. The Kier molecular flexibility index (Phi) is 11.4. The monoisotopic (exact) mass is 562 g/mol. The van der Waals surface area contributed by atoms with Crippen molar-refractivity contribution in [2.24, 2.45) is 0 Å². The average molecular weight is 563 g/mol. The van der Waals surface area contributed by atoms with E-state index in [1.165, 1.54) is 12.3 Å². The topological polar surface area (TPSA) is 137 Å². The van der Waals surface area contributed by atoms with Gasteiger partial charge in [-0.15, -0.1) is 0 Å².